The fraction of sp³-hybridized carbons (Fsp3) is 1.00. The molecule has 19 heavy (non-hydrogen) atoms. The highest BCUT2D eigenvalue weighted by Crippen LogP contribution is 2.66. The fourth-order valence-corrected chi connectivity index (χ4v) is 6.42. The highest BCUT2D eigenvalue weighted by Gasteiger charge is 2.63. The largest absolute Gasteiger partial charge is 0.392 e. The molecule has 3 rings (SSSR count). The van der Waals surface area contributed by atoms with Crippen molar-refractivity contribution >= 4 is 11.8 Å². The minimum absolute atomic E-state index is 0.101. The maximum Gasteiger partial charge on any atom is 0.0679 e. The van der Waals surface area contributed by atoms with Gasteiger partial charge in [0.25, 0.3) is 0 Å². The summed E-state index contributed by atoms with van der Waals surface area (Å²) in [5, 5.41) is 23.4. The number of thioether (sulfide) groups is 1. The summed E-state index contributed by atoms with van der Waals surface area (Å²) in [5.41, 5.74) is 0.432. The Bertz CT molecular complexity index is 349. The van der Waals surface area contributed by atoms with Crippen molar-refractivity contribution < 1.29 is 10.2 Å². The van der Waals surface area contributed by atoms with Crippen molar-refractivity contribution in [1.29, 1.82) is 0 Å². The highest BCUT2D eigenvalue weighted by molar-refractivity contribution is 7.99. The first kappa shape index (κ1) is 14.2. The van der Waals surface area contributed by atoms with Gasteiger partial charge in [-0.25, -0.2) is 0 Å². The summed E-state index contributed by atoms with van der Waals surface area (Å²) in [6.45, 7) is 5.46. The average Bonchev–Trinajstić information content (AvgIpc) is 2.91. The third kappa shape index (κ3) is 2.15. The fourth-order valence-electron chi connectivity index (χ4n) is 4.69. The van der Waals surface area contributed by atoms with Gasteiger partial charge in [0.1, 0.15) is 0 Å². The number of hydrogen-bond donors (Lipinski definition) is 3. The van der Waals surface area contributed by atoms with Gasteiger partial charge in [0.15, 0.2) is 0 Å². The molecule has 0 aromatic heterocycles. The second-order valence-electron chi connectivity index (χ2n) is 7.37. The Morgan fingerprint density at radius 1 is 1.26 bits per heavy atom. The van der Waals surface area contributed by atoms with Crippen molar-refractivity contribution in [3.05, 3.63) is 0 Å². The molecule has 3 fully saturated rings. The zero-order valence-electron chi connectivity index (χ0n) is 12.1. The van der Waals surface area contributed by atoms with Gasteiger partial charge in [-0.1, -0.05) is 13.8 Å². The molecule has 2 saturated carbocycles. The molecular formula is C15H27NO2S. The Labute approximate surface area is 120 Å². The molecule has 3 N–H and O–H groups in total. The summed E-state index contributed by atoms with van der Waals surface area (Å²) in [6, 6.07) is 0.454. The van der Waals surface area contributed by atoms with E-state index in [2.05, 4.69) is 19.2 Å². The van der Waals surface area contributed by atoms with E-state index in [0.717, 1.165) is 36.8 Å². The monoisotopic (exact) mass is 285 g/mol. The maximum atomic E-state index is 10.5. The SMILES string of the molecule is CC1(C)C2CCC1(CSC[C@@H]1C[C@@H](O)CN1)[C@H](O)C2. The lowest BCUT2D eigenvalue weighted by Gasteiger charge is -2.40. The lowest BCUT2D eigenvalue weighted by molar-refractivity contribution is 0.0168. The van der Waals surface area contributed by atoms with Crippen LogP contribution >= 0.6 is 11.8 Å². The topological polar surface area (TPSA) is 52.5 Å². The van der Waals surface area contributed by atoms with Crippen LogP contribution in [0.25, 0.3) is 0 Å². The molecule has 2 bridgehead atoms. The maximum absolute atomic E-state index is 10.5. The third-order valence-electron chi connectivity index (χ3n) is 6.27. The van der Waals surface area contributed by atoms with Crippen molar-refractivity contribution in [3.63, 3.8) is 0 Å². The molecule has 2 aliphatic carbocycles. The number of β-amino-alcohol motifs (C(OH)–C–C–N with tert-alkyl or cyclic N) is 1. The molecule has 5 atom stereocenters. The van der Waals surface area contributed by atoms with Crippen LogP contribution in [0.2, 0.25) is 0 Å². The highest BCUT2D eigenvalue weighted by atomic mass is 32.2. The van der Waals surface area contributed by atoms with Crippen LogP contribution in [0, 0.1) is 16.7 Å². The van der Waals surface area contributed by atoms with Crippen LogP contribution in [0.1, 0.15) is 39.5 Å². The van der Waals surface area contributed by atoms with Crippen molar-refractivity contribution in [3.8, 4) is 0 Å². The van der Waals surface area contributed by atoms with Gasteiger partial charge in [-0.2, -0.15) is 11.8 Å². The van der Waals surface area contributed by atoms with Gasteiger partial charge in [-0.15, -0.1) is 0 Å². The summed E-state index contributed by atoms with van der Waals surface area (Å²) in [4.78, 5) is 0. The Morgan fingerprint density at radius 3 is 2.58 bits per heavy atom. The smallest absolute Gasteiger partial charge is 0.0679 e. The summed E-state index contributed by atoms with van der Waals surface area (Å²) in [7, 11) is 0. The van der Waals surface area contributed by atoms with Gasteiger partial charge < -0.3 is 15.5 Å². The molecular weight excluding hydrogens is 258 g/mol. The number of fused-ring (bicyclic) bond motifs is 2. The van der Waals surface area contributed by atoms with Gasteiger partial charge in [-0.3, -0.25) is 0 Å². The lowest BCUT2D eigenvalue weighted by atomic mass is 9.70. The minimum atomic E-state index is -0.159. The number of aliphatic hydroxyl groups excluding tert-OH is 2. The van der Waals surface area contributed by atoms with Gasteiger partial charge in [-0.05, 0) is 37.0 Å². The number of aliphatic hydroxyl groups is 2. The first-order chi connectivity index (χ1) is 8.96. The van der Waals surface area contributed by atoms with Crippen LogP contribution in [0.15, 0.2) is 0 Å². The van der Waals surface area contributed by atoms with E-state index in [-0.39, 0.29) is 17.6 Å². The standard InChI is InChI=1S/C15H27NO2S/c1-14(2)10-3-4-15(14,13(18)5-10)9-19-8-11-6-12(17)7-16-11/h10-13,16-18H,3-9H2,1-2H3/t10?,11-,12+,13+,15?/m0/s1. The molecule has 0 amide bonds. The molecule has 110 valence electrons. The van der Waals surface area contributed by atoms with Gasteiger partial charge in [0, 0.05) is 29.5 Å². The Kier molecular flexibility index (Phi) is 3.66. The second kappa shape index (κ2) is 4.90. The van der Waals surface area contributed by atoms with Crippen LogP contribution in [-0.4, -0.2) is 46.5 Å². The van der Waals surface area contributed by atoms with Gasteiger partial charge in [0.2, 0.25) is 0 Å². The van der Waals surface area contributed by atoms with E-state index in [1.807, 2.05) is 11.8 Å². The molecule has 2 unspecified atom stereocenters. The molecule has 0 spiro atoms. The molecule has 0 radical (unpaired) electrons. The van der Waals surface area contributed by atoms with E-state index in [4.69, 9.17) is 0 Å². The van der Waals surface area contributed by atoms with Crippen LogP contribution in [-0.2, 0) is 0 Å². The summed E-state index contributed by atoms with van der Waals surface area (Å²) in [6.07, 6.45) is 4.12. The number of rotatable bonds is 4. The summed E-state index contributed by atoms with van der Waals surface area (Å²) in [5.74, 6) is 2.85. The first-order valence-corrected chi connectivity index (χ1v) is 8.78. The molecule has 3 aliphatic rings. The average molecular weight is 285 g/mol. The van der Waals surface area contributed by atoms with Gasteiger partial charge >= 0.3 is 0 Å². The summed E-state index contributed by atoms with van der Waals surface area (Å²) < 4.78 is 0. The molecule has 1 saturated heterocycles. The van der Waals surface area contributed by atoms with Crippen LogP contribution < -0.4 is 5.32 Å². The Balaban J connectivity index is 1.57. The van der Waals surface area contributed by atoms with E-state index in [1.54, 1.807) is 0 Å². The minimum Gasteiger partial charge on any atom is -0.392 e. The molecule has 0 aromatic rings. The molecule has 4 heteroatoms. The predicted molar refractivity (Wildman–Crippen MR) is 79.3 cm³/mol. The first-order valence-electron chi connectivity index (χ1n) is 7.63. The molecule has 3 nitrogen and oxygen atoms in total. The van der Waals surface area contributed by atoms with Crippen molar-refractivity contribution in [1.82, 2.24) is 5.32 Å². The predicted octanol–water partition coefficient (Wildman–Crippen LogP) is 1.63. The van der Waals surface area contributed by atoms with E-state index >= 15 is 0 Å². The van der Waals surface area contributed by atoms with Crippen LogP contribution in [0.5, 0.6) is 0 Å². The van der Waals surface area contributed by atoms with Crippen LogP contribution in [0.3, 0.4) is 0 Å². The molecule has 1 heterocycles. The van der Waals surface area contributed by atoms with Crippen molar-refractivity contribution in [2.24, 2.45) is 16.7 Å². The van der Waals surface area contributed by atoms with E-state index in [0.29, 0.717) is 11.5 Å². The lowest BCUT2D eigenvalue weighted by Crippen LogP contribution is -2.41. The van der Waals surface area contributed by atoms with Crippen molar-refractivity contribution in [2.75, 3.05) is 18.1 Å². The Morgan fingerprint density at radius 2 is 2.05 bits per heavy atom. The zero-order chi connectivity index (χ0) is 13.7. The molecule has 0 aromatic carbocycles. The zero-order valence-corrected chi connectivity index (χ0v) is 12.9. The number of hydrogen-bond acceptors (Lipinski definition) is 4. The normalized spacial score (nSPS) is 48.0. The van der Waals surface area contributed by atoms with E-state index < -0.39 is 0 Å². The van der Waals surface area contributed by atoms with Crippen LogP contribution in [0.4, 0.5) is 0 Å². The quantitative estimate of drug-likeness (QED) is 0.735. The second-order valence-corrected chi connectivity index (χ2v) is 8.41. The number of nitrogens with one attached hydrogen (secondary N) is 1. The van der Waals surface area contributed by atoms with E-state index in [1.165, 1.54) is 12.8 Å². The van der Waals surface area contributed by atoms with Gasteiger partial charge in [0.05, 0.1) is 12.2 Å². The van der Waals surface area contributed by atoms with Crippen molar-refractivity contribution in [2.45, 2.75) is 57.8 Å². The third-order valence-corrected chi connectivity index (χ3v) is 7.62. The molecule has 1 aliphatic heterocycles. The summed E-state index contributed by atoms with van der Waals surface area (Å²) >= 11 is 1.97. The Hall–Kier alpha value is 0.230. The van der Waals surface area contributed by atoms with E-state index in [9.17, 15) is 10.2 Å².